The zero-order chi connectivity index (χ0) is 12.0. The second-order valence-electron chi connectivity index (χ2n) is 3.16. The molecule has 5 nitrogen and oxygen atoms in total. The molecule has 0 saturated heterocycles. The van der Waals surface area contributed by atoms with Crippen molar-refractivity contribution in [3.63, 3.8) is 0 Å². The van der Waals surface area contributed by atoms with Crippen LogP contribution in [0.4, 0.5) is 11.4 Å². The lowest BCUT2D eigenvalue weighted by Gasteiger charge is -2.21. The van der Waals surface area contributed by atoms with Crippen LogP contribution in [0.15, 0.2) is 24.3 Å². The summed E-state index contributed by atoms with van der Waals surface area (Å²) < 4.78 is 2.08. The molecule has 0 fully saturated rings. The monoisotopic (exact) mass is 241 g/mol. The molecule has 0 aromatic heterocycles. The first kappa shape index (κ1) is 12.8. The quantitative estimate of drug-likeness (QED) is 0.468. The van der Waals surface area contributed by atoms with Gasteiger partial charge >= 0.3 is 0 Å². The minimum Gasteiger partial charge on any atom is -0.318 e. The summed E-state index contributed by atoms with van der Waals surface area (Å²) in [6.07, 6.45) is 1.98. The van der Waals surface area contributed by atoms with Gasteiger partial charge in [0.2, 0.25) is 0 Å². The number of likely N-dealkylation sites (N-methyl/N-ethyl adjacent to an activating group) is 1. The molecule has 1 rings (SSSR count). The van der Waals surface area contributed by atoms with Crippen molar-refractivity contribution in [2.75, 3.05) is 30.7 Å². The average Bonchev–Trinajstić information content (AvgIpc) is 2.30. The van der Waals surface area contributed by atoms with Crippen LogP contribution in [0.25, 0.3) is 0 Å². The van der Waals surface area contributed by atoms with Crippen LogP contribution in [0.1, 0.15) is 0 Å². The second-order valence-corrected chi connectivity index (χ2v) is 3.97. The third kappa shape index (κ3) is 3.39. The van der Waals surface area contributed by atoms with Gasteiger partial charge in [-0.25, -0.2) is 0 Å². The molecule has 1 N–H and O–H groups in total. The van der Waals surface area contributed by atoms with Crippen molar-refractivity contribution >= 4 is 23.3 Å². The Hall–Kier alpha value is -1.27. The van der Waals surface area contributed by atoms with Gasteiger partial charge in [0.1, 0.15) is 0 Å². The van der Waals surface area contributed by atoms with Crippen molar-refractivity contribution in [2.45, 2.75) is 0 Å². The molecule has 1 aromatic rings. The normalized spacial score (nSPS) is 10.1. The topological polar surface area (TPSA) is 58.4 Å². The number of nitro groups is 1. The molecule has 1 aromatic carbocycles. The van der Waals surface area contributed by atoms with E-state index in [1.807, 2.05) is 13.3 Å². The minimum absolute atomic E-state index is 0.124. The number of hydrogen-bond acceptors (Lipinski definition) is 5. The fraction of sp³-hybridized carbons (Fsp3) is 0.400. The Kier molecular flexibility index (Phi) is 5.07. The Morgan fingerprint density at radius 1 is 1.44 bits per heavy atom. The van der Waals surface area contributed by atoms with Crippen molar-refractivity contribution in [3.05, 3.63) is 34.4 Å². The molecule has 0 spiro atoms. The summed E-state index contributed by atoms with van der Waals surface area (Å²) in [4.78, 5) is 10.1. The molecule has 0 aliphatic heterocycles. The summed E-state index contributed by atoms with van der Waals surface area (Å²) in [5.41, 5.74) is 1.10. The average molecular weight is 241 g/mol. The number of hydrogen-bond donors (Lipinski definition) is 1. The molecule has 0 radical (unpaired) electrons. The van der Waals surface area contributed by atoms with Crippen LogP contribution in [0, 0.1) is 10.1 Å². The van der Waals surface area contributed by atoms with Gasteiger partial charge in [-0.3, -0.25) is 10.1 Å². The Balaban J connectivity index is 2.74. The van der Waals surface area contributed by atoms with Gasteiger partial charge in [0.15, 0.2) is 0 Å². The van der Waals surface area contributed by atoms with Crippen molar-refractivity contribution in [1.82, 2.24) is 5.32 Å². The van der Waals surface area contributed by atoms with Crippen LogP contribution < -0.4 is 9.62 Å². The van der Waals surface area contributed by atoms with Gasteiger partial charge in [0, 0.05) is 37.2 Å². The highest BCUT2D eigenvalue weighted by molar-refractivity contribution is 7.99. The van der Waals surface area contributed by atoms with Crippen LogP contribution in [0.5, 0.6) is 0 Å². The molecule has 0 bridgehead atoms. The first-order valence-corrected chi connectivity index (χ1v) is 6.08. The second kappa shape index (κ2) is 6.34. The van der Waals surface area contributed by atoms with Gasteiger partial charge in [-0.2, -0.15) is 0 Å². The largest absolute Gasteiger partial charge is 0.318 e. The highest BCUT2D eigenvalue weighted by Gasteiger charge is 2.08. The summed E-state index contributed by atoms with van der Waals surface area (Å²) >= 11 is 1.60. The van der Waals surface area contributed by atoms with Gasteiger partial charge in [-0.1, -0.05) is 11.9 Å². The van der Waals surface area contributed by atoms with Crippen LogP contribution in [0.2, 0.25) is 0 Å². The lowest BCUT2D eigenvalue weighted by Crippen LogP contribution is -2.24. The van der Waals surface area contributed by atoms with E-state index >= 15 is 0 Å². The van der Waals surface area contributed by atoms with Gasteiger partial charge in [-0.15, -0.1) is 0 Å². The van der Waals surface area contributed by atoms with Crippen molar-refractivity contribution in [3.8, 4) is 0 Å². The maximum atomic E-state index is 10.5. The molecular formula is C10H15N3O2S. The van der Waals surface area contributed by atoms with E-state index in [2.05, 4.69) is 9.62 Å². The Bertz CT molecular complexity index is 342. The van der Waals surface area contributed by atoms with Gasteiger partial charge < -0.3 is 9.62 Å². The lowest BCUT2D eigenvalue weighted by atomic mass is 10.3. The molecule has 0 aliphatic carbocycles. The van der Waals surface area contributed by atoms with E-state index in [0.29, 0.717) is 0 Å². The van der Waals surface area contributed by atoms with Crippen molar-refractivity contribution < 1.29 is 4.92 Å². The lowest BCUT2D eigenvalue weighted by molar-refractivity contribution is -0.384. The third-order valence-electron chi connectivity index (χ3n) is 2.13. The predicted molar refractivity (Wildman–Crippen MR) is 67.9 cm³/mol. The first-order chi connectivity index (χ1) is 7.69. The number of nitrogens with one attached hydrogen (secondary N) is 1. The highest BCUT2D eigenvalue weighted by Crippen LogP contribution is 2.23. The zero-order valence-electron chi connectivity index (χ0n) is 9.34. The standard InChI is InChI=1S/C10H15N3O2S/c1-11-7-8-12(16-2)9-3-5-10(6-4-9)13(14)15/h3-6,11H,7-8H2,1-2H3. The molecule has 0 atom stereocenters. The minimum atomic E-state index is -0.388. The van der Waals surface area contributed by atoms with E-state index in [9.17, 15) is 10.1 Å². The van der Waals surface area contributed by atoms with Gasteiger partial charge in [0.25, 0.3) is 5.69 Å². The Labute approximate surface area is 99.1 Å². The van der Waals surface area contributed by atoms with E-state index < -0.39 is 0 Å². The van der Waals surface area contributed by atoms with Crippen LogP contribution in [-0.2, 0) is 0 Å². The maximum absolute atomic E-state index is 10.5. The summed E-state index contributed by atoms with van der Waals surface area (Å²) in [7, 11) is 1.90. The summed E-state index contributed by atoms with van der Waals surface area (Å²) in [6.45, 7) is 1.73. The zero-order valence-corrected chi connectivity index (χ0v) is 10.2. The fourth-order valence-corrected chi connectivity index (χ4v) is 1.89. The molecular weight excluding hydrogens is 226 g/mol. The van der Waals surface area contributed by atoms with E-state index in [0.717, 1.165) is 18.8 Å². The Morgan fingerprint density at radius 2 is 2.06 bits per heavy atom. The molecule has 6 heteroatoms. The fourth-order valence-electron chi connectivity index (χ4n) is 1.28. The summed E-state index contributed by atoms with van der Waals surface area (Å²) in [5.74, 6) is 0. The van der Waals surface area contributed by atoms with Gasteiger partial charge in [0.05, 0.1) is 4.92 Å². The van der Waals surface area contributed by atoms with E-state index in [-0.39, 0.29) is 10.6 Å². The smallest absolute Gasteiger partial charge is 0.269 e. The van der Waals surface area contributed by atoms with Crippen LogP contribution in [-0.4, -0.2) is 31.3 Å². The molecule has 88 valence electrons. The SMILES string of the molecule is CNCCN(SC)c1ccc([N+](=O)[O-])cc1. The van der Waals surface area contributed by atoms with Gasteiger partial charge in [-0.05, 0) is 19.2 Å². The molecule has 0 amide bonds. The van der Waals surface area contributed by atoms with E-state index in [1.54, 1.807) is 24.1 Å². The van der Waals surface area contributed by atoms with Crippen LogP contribution >= 0.6 is 11.9 Å². The number of rotatable bonds is 6. The number of benzene rings is 1. The summed E-state index contributed by atoms with van der Waals surface area (Å²) in [6, 6.07) is 6.59. The summed E-state index contributed by atoms with van der Waals surface area (Å²) in [5, 5.41) is 13.6. The molecule has 16 heavy (non-hydrogen) atoms. The number of non-ortho nitro benzene ring substituents is 1. The Morgan fingerprint density at radius 3 is 2.50 bits per heavy atom. The number of anilines is 1. The molecule has 0 aliphatic rings. The molecule has 0 heterocycles. The van der Waals surface area contributed by atoms with E-state index in [4.69, 9.17) is 0 Å². The number of nitrogens with zero attached hydrogens (tertiary/aromatic N) is 2. The predicted octanol–water partition coefficient (Wildman–Crippen LogP) is 1.90. The first-order valence-electron chi connectivity index (χ1n) is 4.89. The maximum Gasteiger partial charge on any atom is 0.269 e. The van der Waals surface area contributed by atoms with Crippen molar-refractivity contribution in [2.24, 2.45) is 0 Å². The highest BCUT2D eigenvalue weighted by atomic mass is 32.2. The molecule has 0 saturated carbocycles. The number of nitro benzene ring substituents is 1. The third-order valence-corrected chi connectivity index (χ3v) is 2.97. The van der Waals surface area contributed by atoms with Crippen LogP contribution in [0.3, 0.4) is 0 Å². The van der Waals surface area contributed by atoms with E-state index in [1.165, 1.54) is 12.1 Å². The van der Waals surface area contributed by atoms with Crippen molar-refractivity contribution in [1.29, 1.82) is 0 Å². The molecule has 0 unspecified atom stereocenters.